The highest BCUT2D eigenvalue weighted by atomic mass is 15.3. The van der Waals surface area contributed by atoms with Crippen molar-refractivity contribution in [2.45, 2.75) is 493 Å². The fourth-order valence-electron chi connectivity index (χ4n) is 26.3. The first-order valence-corrected chi connectivity index (χ1v) is 47.1. The molecule has 8 aliphatic carbocycles. The molecular weight excluding hydrogens is 1280 g/mol. The first-order chi connectivity index (χ1) is 48.7. The largest absolute Gasteiger partial charge is 0.298 e. The quantitative estimate of drug-likeness (QED) is 0.238. The number of nitrogens with zero attached hydrogens (tertiary/aromatic N) is 7. The van der Waals surface area contributed by atoms with Gasteiger partial charge in [-0.2, -0.15) is 0 Å². The molecule has 0 spiro atoms. The molecule has 8 saturated carbocycles. The fraction of sp³-hybridized carbons (Fsp3) is 1.00. The van der Waals surface area contributed by atoms with Gasteiger partial charge in [0.15, 0.2) is 0 Å². The summed E-state index contributed by atoms with van der Waals surface area (Å²) in [7, 11) is 0. The Labute approximate surface area is 657 Å². The minimum atomic E-state index is 0.341. The predicted octanol–water partition coefficient (Wildman–Crippen LogP) is 25.6. The Hall–Kier alpha value is -0.280. The van der Waals surface area contributed by atoms with Crippen LogP contribution in [0, 0.1) is 81.8 Å². The Morgan fingerprint density at radius 3 is 0.952 bits per heavy atom. The van der Waals surface area contributed by atoms with Crippen molar-refractivity contribution in [2.24, 2.45) is 81.8 Å². The highest BCUT2D eigenvalue weighted by Crippen LogP contribution is 2.54. The van der Waals surface area contributed by atoms with Gasteiger partial charge in [0, 0.05) is 114 Å². The molecule has 0 amide bonds. The summed E-state index contributed by atoms with van der Waals surface area (Å²) < 4.78 is 0. The minimum Gasteiger partial charge on any atom is -0.298 e. The minimum absolute atomic E-state index is 0.341. The Morgan fingerprint density at radius 2 is 0.533 bits per heavy atom. The van der Waals surface area contributed by atoms with E-state index in [4.69, 9.17) is 0 Å². The van der Waals surface area contributed by atoms with Gasteiger partial charge < -0.3 is 0 Å². The molecule has 614 valence electrons. The van der Waals surface area contributed by atoms with Gasteiger partial charge in [-0.15, -0.1) is 0 Å². The molecule has 7 heteroatoms. The molecule has 0 aromatic heterocycles. The summed E-state index contributed by atoms with van der Waals surface area (Å²) in [4.78, 5) is 19.2. The molecule has 0 aromatic rings. The summed E-state index contributed by atoms with van der Waals surface area (Å²) in [5.74, 6) is 12.3. The topological polar surface area (TPSA) is 22.7 Å². The van der Waals surface area contributed by atoms with Crippen LogP contribution < -0.4 is 0 Å². The lowest BCUT2D eigenvalue weighted by atomic mass is 9.66. The van der Waals surface area contributed by atoms with Gasteiger partial charge in [-0.25, -0.2) is 0 Å². The third kappa shape index (κ3) is 25.4. The van der Waals surface area contributed by atoms with Crippen LogP contribution in [0.15, 0.2) is 0 Å². The number of fused-ring (bicyclic) bond motifs is 20. The monoisotopic (exact) mass is 1460 g/mol. The predicted molar refractivity (Wildman–Crippen MR) is 460 cm³/mol. The molecule has 10 saturated heterocycles. The highest BCUT2D eigenvalue weighted by Gasteiger charge is 2.48. The van der Waals surface area contributed by atoms with Crippen molar-refractivity contribution >= 4 is 0 Å². The molecule has 18 fully saturated rings. The average molecular weight is 1460 g/mol. The number of rotatable bonds is 0. The van der Waals surface area contributed by atoms with E-state index in [1.54, 1.807) is 0 Å². The maximum atomic E-state index is 2.82. The van der Waals surface area contributed by atoms with Crippen molar-refractivity contribution in [3.8, 4) is 0 Å². The van der Waals surface area contributed by atoms with Gasteiger partial charge in [0.05, 0.1) is 0 Å². The van der Waals surface area contributed by atoms with E-state index in [0.29, 0.717) is 49.6 Å². The molecule has 13 atom stereocenters. The average Bonchev–Trinajstić information content (AvgIpc) is 1.71. The summed E-state index contributed by atoms with van der Waals surface area (Å²) in [5.41, 5.74) is 3.78. The zero-order chi connectivity index (χ0) is 77.0. The van der Waals surface area contributed by atoms with E-state index in [2.05, 4.69) is 221 Å². The molecule has 18 rings (SSSR count). The van der Waals surface area contributed by atoms with Crippen molar-refractivity contribution in [3.63, 3.8) is 0 Å². The molecule has 10 aliphatic heterocycles. The van der Waals surface area contributed by atoms with Crippen LogP contribution in [0.4, 0.5) is 0 Å². The van der Waals surface area contributed by atoms with E-state index < -0.39 is 0 Å². The van der Waals surface area contributed by atoms with Gasteiger partial charge in [-0.3, -0.25) is 34.3 Å². The van der Waals surface area contributed by atoms with E-state index in [-0.39, 0.29) is 0 Å². The van der Waals surface area contributed by atoms with Crippen LogP contribution in [0.25, 0.3) is 0 Å². The third-order valence-electron chi connectivity index (χ3n) is 31.6. The molecule has 7 nitrogen and oxygen atoms in total. The van der Waals surface area contributed by atoms with Crippen molar-refractivity contribution in [3.05, 3.63) is 0 Å². The van der Waals surface area contributed by atoms with Gasteiger partial charge >= 0.3 is 0 Å². The molecule has 16 bridgehead atoms. The summed E-state index contributed by atoms with van der Waals surface area (Å²) in [5, 5.41) is 0. The fourth-order valence-corrected chi connectivity index (χ4v) is 26.3. The van der Waals surface area contributed by atoms with Crippen LogP contribution in [-0.4, -0.2) is 162 Å². The second-order valence-electron chi connectivity index (χ2n) is 48.8. The Morgan fingerprint density at radius 1 is 0.200 bits per heavy atom. The van der Waals surface area contributed by atoms with Crippen LogP contribution in [0.3, 0.4) is 0 Å². The van der Waals surface area contributed by atoms with Crippen LogP contribution in [0.5, 0.6) is 0 Å². The Balaban J connectivity index is 0.000000139. The SMILES string of the molecule is CC(C)(C)C1C2CCCC1CC2.CC(C)(C)C1CN(C(C)(C)C)C2CCC1CC2.CC(C)(C)N1C2CCCC1CC2.CC(C)(C)N1CC2CCC1C2.CC(C)(C)N1CC2CCC1CC2.CC(C)(C)N1CC2CCCC(CC2)C1.CC(C)(C)N1CCC2CCCC(C2)C1.CC(C)(C)N1CCC2CCCC1C2. The number of likely N-dealkylation sites (tertiary alicyclic amines) is 4. The molecule has 0 N–H and O–H groups in total. The zero-order valence-corrected chi connectivity index (χ0v) is 76.1. The third-order valence-corrected chi connectivity index (χ3v) is 31.6. The lowest BCUT2D eigenvalue weighted by Gasteiger charge is -2.51. The van der Waals surface area contributed by atoms with Crippen LogP contribution in [-0.2, 0) is 0 Å². The summed E-state index contributed by atoms with van der Waals surface area (Å²) >= 11 is 0. The van der Waals surface area contributed by atoms with Crippen LogP contribution >= 0.6 is 0 Å². The van der Waals surface area contributed by atoms with Gasteiger partial charge in [0.25, 0.3) is 0 Å². The number of piperidine rings is 5. The molecule has 10 heterocycles. The van der Waals surface area contributed by atoms with E-state index in [0.717, 1.165) is 107 Å². The maximum absolute atomic E-state index is 2.82. The van der Waals surface area contributed by atoms with Crippen molar-refractivity contribution < 1.29 is 0 Å². The smallest absolute Gasteiger partial charge is 0.0130 e. The van der Waals surface area contributed by atoms with Crippen LogP contribution in [0.2, 0.25) is 0 Å². The highest BCUT2D eigenvalue weighted by molar-refractivity contribution is 5.02. The molecule has 0 aromatic carbocycles. The molecule has 13 unspecified atom stereocenters. The number of hydrogen-bond acceptors (Lipinski definition) is 7. The lowest BCUT2D eigenvalue weighted by Crippen LogP contribution is -2.56. The van der Waals surface area contributed by atoms with E-state index >= 15 is 0 Å². The second kappa shape index (κ2) is 36.7. The summed E-state index contributed by atoms with van der Waals surface area (Å²) in [6.45, 7) is 75.1. The maximum Gasteiger partial charge on any atom is 0.0130 e. The first kappa shape index (κ1) is 88.7. The first-order valence-electron chi connectivity index (χ1n) is 47.1. The van der Waals surface area contributed by atoms with Gasteiger partial charge in [0.2, 0.25) is 0 Å². The Bertz CT molecular complexity index is 2390. The molecule has 18 aliphatic rings. The second-order valence-corrected chi connectivity index (χ2v) is 48.8. The Kier molecular flexibility index (Phi) is 31.0. The lowest BCUT2D eigenvalue weighted by molar-refractivity contribution is -0.0163. The van der Waals surface area contributed by atoms with E-state index in [1.165, 1.54) is 284 Å². The molecular formula is C98H187N7. The van der Waals surface area contributed by atoms with E-state index in [1.807, 2.05) is 0 Å². The van der Waals surface area contributed by atoms with Crippen molar-refractivity contribution in [2.75, 3.05) is 52.4 Å². The molecule has 105 heavy (non-hydrogen) atoms. The normalized spacial score (nSPS) is 37.1. The van der Waals surface area contributed by atoms with Crippen LogP contribution in [0.1, 0.15) is 418 Å². The standard InChI is InChI=1S/C16H31N.2C13H25N.C12H23N.C12H22.2C11H21N.C10H19N/c1-15(2,3)14-11-17(16(4,5)6)13-9-7-12(14)8-10-13;1-13(2,3)14-8-7-11-5-4-6-12(9-11)10-14;1-13(2,3)14-9-11-5-4-6-12(10-14)8-7-11;1-12(2,3)13-8-7-10-5-4-6-11(13)9-10;1-12(2,3)11-9-5-4-6-10(11)8-7-9;1-11(2,3)12-8-9-4-6-10(12)7-5-9;1-11(2,3)12-9-5-4-6-10(12)8-7-9;1-10(2,3)11-7-8-4-5-9(11)6-8/h12-14H,7-11H2,1-6H3;2*11-12H,4-10H2,1-3H3;10-11H,4-9H2,1-3H3;9-11H,4-8H2,1-3H3;2*9-10H,4-8H2,1-3H3;8-9H,4-7H2,1-3H3. The van der Waals surface area contributed by atoms with Gasteiger partial charge in [-0.1, -0.05) is 99.3 Å². The van der Waals surface area contributed by atoms with Gasteiger partial charge in [0.1, 0.15) is 0 Å². The molecule has 0 radical (unpaired) electrons. The zero-order valence-electron chi connectivity index (χ0n) is 76.1. The summed E-state index contributed by atoms with van der Waals surface area (Å²) in [6, 6.07) is 5.45. The van der Waals surface area contributed by atoms with Crippen molar-refractivity contribution in [1.82, 2.24) is 34.3 Å². The van der Waals surface area contributed by atoms with Crippen molar-refractivity contribution in [1.29, 1.82) is 0 Å². The summed E-state index contributed by atoms with van der Waals surface area (Å²) in [6.07, 6.45) is 53.4. The van der Waals surface area contributed by atoms with Gasteiger partial charge in [-0.05, 0) is 414 Å². The van der Waals surface area contributed by atoms with E-state index in [9.17, 15) is 0 Å². The number of hydrogen-bond donors (Lipinski definition) is 0.